The van der Waals surface area contributed by atoms with Crippen LogP contribution in [0.2, 0.25) is 0 Å². The maximum absolute atomic E-state index is 13.1. The van der Waals surface area contributed by atoms with E-state index in [1.165, 1.54) is 12.1 Å². The number of aromatic hydroxyl groups is 1. The number of hydrogen-bond acceptors (Lipinski definition) is 9. The first kappa shape index (κ1) is 34.1. The van der Waals surface area contributed by atoms with Gasteiger partial charge in [-0.25, -0.2) is 4.79 Å². The van der Waals surface area contributed by atoms with Crippen molar-refractivity contribution in [3.63, 3.8) is 0 Å². The van der Waals surface area contributed by atoms with E-state index in [2.05, 4.69) is 20.9 Å². The molecule has 0 bridgehead atoms. The number of amides is 5. The first-order valence-electron chi connectivity index (χ1n) is 12.5. The maximum Gasteiger partial charge on any atom is 0.326 e. The molecule has 15 N–H and O–H groups in total. The van der Waals surface area contributed by atoms with Crippen LogP contribution in [0.3, 0.4) is 0 Å². The van der Waals surface area contributed by atoms with Crippen molar-refractivity contribution in [2.75, 3.05) is 6.54 Å². The first-order valence-corrected chi connectivity index (χ1v) is 12.5. The molecule has 0 heterocycles. The fraction of sp³-hybridized carbons (Fsp3) is 0.458. The molecule has 226 valence electrons. The Morgan fingerprint density at radius 1 is 0.780 bits per heavy atom. The van der Waals surface area contributed by atoms with Crippen molar-refractivity contribution in [3.8, 4) is 5.75 Å². The third kappa shape index (κ3) is 13.6. The number of carbonyl (C=O) groups excluding carboxylic acids is 5. The summed E-state index contributed by atoms with van der Waals surface area (Å²) in [5.41, 5.74) is 27.4. The zero-order chi connectivity index (χ0) is 31.1. The summed E-state index contributed by atoms with van der Waals surface area (Å²) >= 11 is 0. The van der Waals surface area contributed by atoms with E-state index in [0.717, 1.165) is 0 Å². The number of carbonyl (C=O) groups is 6. The number of carboxylic acids is 1. The zero-order valence-electron chi connectivity index (χ0n) is 22.2. The lowest BCUT2D eigenvalue weighted by Crippen LogP contribution is -2.58. The molecule has 1 aromatic rings. The topological polar surface area (TPSA) is 321 Å². The van der Waals surface area contributed by atoms with Gasteiger partial charge in [0.2, 0.25) is 29.5 Å². The lowest BCUT2D eigenvalue weighted by molar-refractivity contribution is -0.142. The average molecular weight is 580 g/mol. The summed E-state index contributed by atoms with van der Waals surface area (Å²) in [5, 5.41) is 25.8. The number of aliphatic imine (C=N–C) groups is 1. The Bertz CT molecular complexity index is 1120. The van der Waals surface area contributed by atoms with Gasteiger partial charge in [0.1, 0.15) is 23.9 Å². The van der Waals surface area contributed by atoms with Gasteiger partial charge in [0, 0.05) is 13.0 Å². The summed E-state index contributed by atoms with van der Waals surface area (Å²) in [7, 11) is 0. The lowest BCUT2D eigenvalue weighted by atomic mass is 10.0. The smallest absolute Gasteiger partial charge is 0.326 e. The quantitative estimate of drug-likeness (QED) is 0.0453. The number of phenolic OH excluding ortho intramolecular Hbond substituents is 1. The summed E-state index contributed by atoms with van der Waals surface area (Å²) in [6.07, 6.45) is -1.13. The van der Waals surface area contributed by atoms with Crippen molar-refractivity contribution in [3.05, 3.63) is 29.8 Å². The fourth-order valence-corrected chi connectivity index (χ4v) is 3.53. The Labute approximate surface area is 235 Å². The molecule has 41 heavy (non-hydrogen) atoms. The summed E-state index contributed by atoms with van der Waals surface area (Å²) in [5.74, 6) is -6.04. The highest BCUT2D eigenvalue weighted by molar-refractivity contribution is 5.96. The van der Waals surface area contributed by atoms with Gasteiger partial charge in [-0.3, -0.25) is 29.0 Å². The molecule has 0 fully saturated rings. The number of aliphatic carboxylic acids is 1. The monoisotopic (exact) mass is 579 g/mol. The molecule has 0 radical (unpaired) electrons. The third-order valence-corrected chi connectivity index (χ3v) is 5.64. The number of primary amides is 2. The van der Waals surface area contributed by atoms with Crippen LogP contribution in [0.1, 0.15) is 37.7 Å². The number of benzene rings is 1. The van der Waals surface area contributed by atoms with Gasteiger partial charge < -0.3 is 54.8 Å². The number of guanidine groups is 1. The highest BCUT2D eigenvalue weighted by Crippen LogP contribution is 2.11. The van der Waals surface area contributed by atoms with Gasteiger partial charge in [-0.05, 0) is 43.4 Å². The van der Waals surface area contributed by atoms with Crippen molar-refractivity contribution < 1.29 is 39.0 Å². The second kappa shape index (κ2) is 16.9. The van der Waals surface area contributed by atoms with E-state index >= 15 is 0 Å². The van der Waals surface area contributed by atoms with Crippen LogP contribution < -0.4 is 44.6 Å². The van der Waals surface area contributed by atoms with Crippen molar-refractivity contribution in [2.24, 2.45) is 33.7 Å². The number of carboxylic acid groups (broad SMARTS) is 1. The van der Waals surface area contributed by atoms with Gasteiger partial charge in [-0.2, -0.15) is 0 Å². The normalized spacial score (nSPS) is 13.5. The van der Waals surface area contributed by atoms with Crippen LogP contribution in [0.25, 0.3) is 0 Å². The van der Waals surface area contributed by atoms with Crippen LogP contribution in [0, 0.1) is 0 Å². The molecule has 0 saturated carbocycles. The first-order chi connectivity index (χ1) is 19.2. The molecule has 4 atom stereocenters. The number of nitrogens with one attached hydrogen (secondary N) is 3. The Morgan fingerprint density at radius 3 is 1.88 bits per heavy atom. The van der Waals surface area contributed by atoms with Crippen molar-refractivity contribution in [2.45, 2.75) is 62.7 Å². The molecule has 0 aliphatic carbocycles. The second-order valence-corrected chi connectivity index (χ2v) is 9.12. The van der Waals surface area contributed by atoms with Crippen LogP contribution >= 0.6 is 0 Å². The maximum atomic E-state index is 13.1. The Morgan fingerprint density at radius 2 is 1.34 bits per heavy atom. The van der Waals surface area contributed by atoms with Crippen LogP contribution in [-0.2, 0) is 35.2 Å². The number of nitrogens with zero attached hydrogens (tertiary/aromatic N) is 1. The van der Waals surface area contributed by atoms with Crippen molar-refractivity contribution in [1.29, 1.82) is 0 Å². The molecule has 0 aromatic heterocycles. The summed E-state index contributed by atoms with van der Waals surface area (Å²) in [4.78, 5) is 76.8. The SMILES string of the molecule is NC(=O)CCC(NC(=O)C(CCCN=C(N)N)NC(=O)C(CC(N)=O)NC(=O)C(N)Cc1ccc(O)cc1)C(=O)O. The number of rotatable bonds is 18. The Hall–Kier alpha value is -4.93. The van der Waals surface area contributed by atoms with E-state index in [0.29, 0.717) is 5.56 Å². The lowest BCUT2D eigenvalue weighted by Gasteiger charge is -2.25. The predicted octanol–water partition coefficient (Wildman–Crippen LogP) is -4.00. The fourth-order valence-electron chi connectivity index (χ4n) is 3.53. The van der Waals surface area contributed by atoms with Crippen LogP contribution in [0.4, 0.5) is 0 Å². The molecule has 4 unspecified atom stereocenters. The number of hydrogen-bond donors (Lipinski definition) is 10. The predicted molar refractivity (Wildman–Crippen MR) is 145 cm³/mol. The third-order valence-electron chi connectivity index (χ3n) is 5.64. The molecule has 0 saturated heterocycles. The van der Waals surface area contributed by atoms with E-state index in [1.54, 1.807) is 12.1 Å². The van der Waals surface area contributed by atoms with Crippen molar-refractivity contribution in [1.82, 2.24) is 16.0 Å². The summed E-state index contributed by atoms with van der Waals surface area (Å²) < 4.78 is 0. The number of nitrogens with two attached hydrogens (primary N) is 5. The summed E-state index contributed by atoms with van der Waals surface area (Å²) in [6, 6.07) is 0.392. The molecule has 5 amide bonds. The van der Waals surface area contributed by atoms with Gasteiger partial charge in [-0.15, -0.1) is 0 Å². The van der Waals surface area contributed by atoms with Gasteiger partial charge in [0.25, 0.3) is 0 Å². The summed E-state index contributed by atoms with van der Waals surface area (Å²) in [6.45, 7) is 0.0690. The minimum atomic E-state index is -1.52. The molecule has 0 aliphatic rings. The van der Waals surface area contributed by atoms with E-state index in [1.807, 2.05) is 0 Å². The van der Waals surface area contributed by atoms with Gasteiger partial charge in [0.05, 0.1) is 12.5 Å². The van der Waals surface area contributed by atoms with Gasteiger partial charge >= 0.3 is 5.97 Å². The van der Waals surface area contributed by atoms with Gasteiger partial charge in [-0.1, -0.05) is 12.1 Å². The highest BCUT2D eigenvalue weighted by atomic mass is 16.4. The zero-order valence-corrected chi connectivity index (χ0v) is 22.2. The van der Waals surface area contributed by atoms with Crippen LogP contribution in [0.15, 0.2) is 29.3 Å². The molecular formula is C24H37N9O8. The van der Waals surface area contributed by atoms with Gasteiger partial charge in [0.15, 0.2) is 5.96 Å². The van der Waals surface area contributed by atoms with Crippen molar-refractivity contribution >= 4 is 41.5 Å². The largest absolute Gasteiger partial charge is 0.508 e. The highest BCUT2D eigenvalue weighted by Gasteiger charge is 2.31. The van der Waals surface area contributed by atoms with E-state index in [-0.39, 0.29) is 50.4 Å². The minimum absolute atomic E-state index is 0.0180. The van der Waals surface area contributed by atoms with E-state index in [4.69, 9.17) is 28.7 Å². The second-order valence-electron chi connectivity index (χ2n) is 9.12. The van der Waals surface area contributed by atoms with Crippen LogP contribution in [0.5, 0.6) is 5.75 Å². The molecule has 17 heteroatoms. The Kier molecular flexibility index (Phi) is 14.1. The standard InChI is InChI=1S/C24H37N9O8/c25-14(10-12-3-5-13(34)6-4-12)20(37)33-17(11-19(27)36)22(39)31-15(2-1-9-30-24(28)29)21(38)32-16(23(40)41)7-8-18(26)35/h3-6,14-17,34H,1-2,7-11,25H2,(H2,26,35)(H2,27,36)(H,31,39)(H,32,38)(H,33,37)(H,40,41)(H4,28,29,30). The number of phenols is 1. The molecule has 0 aliphatic heterocycles. The minimum Gasteiger partial charge on any atom is -0.508 e. The molecule has 0 spiro atoms. The molecular weight excluding hydrogens is 542 g/mol. The molecule has 1 aromatic carbocycles. The average Bonchev–Trinajstić information content (AvgIpc) is 2.88. The molecule has 17 nitrogen and oxygen atoms in total. The molecule has 1 rings (SSSR count). The Balaban J connectivity index is 3.04. The van der Waals surface area contributed by atoms with E-state index in [9.17, 15) is 39.0 Å². The van der Waals surface area contributed by atoms with Crippen LogP contribution in [-0.4, -0.2) is 82.4 Å². The van der Waals surface area contributed by atoms with E-state index < -0.39 is 66.1 Å².